The molecule has 0 aromatic carbocycles. The zero-order valence-corrected chi connectivity index (χ0v) is 8.77. The van der Waals surface area contributed by atoms with Gasteiger partial charge in [-0.05, 0) is 31.8 Å². The molecule has 1 heterocycles. The highest BCUT2D eigenvalue weighted by Gasteiger charge is 2.28. The zero-order valence-electron chi connectivity index (χ0n) is 8.77. The van der Waals surface area contributed by atoms with Crippen molar-refractivity contribution in [1.29, 1.82) is 0 Å². The molecular weight excluding hydrogens is 164 g/mol. The molecule has 1 aliphatic heterocycles. The van der Waals surface area contributed by atoms with Crippen molar-refractivity contribution in [2.45, 2.75) is 32.3 Å². The van der Waals surface area contributed by atoms with Crippen LogP contribution < -0.4 is 10.6 Å². The van der Waals surface area contributed by atoms with E-state index in [-0.39, 0.29) is 0 Å². The lowest BCUT2D eigenvalue weighted by Gasteiger charge is -2.33. The maximum absolute atomic E-state index is 10.1. The number of hydrogen-bond donors (Lipinski definition) is 3. The predicted molar refractivity (Wildman–Crippen MR) is 54.8 cm³/mol. The average molecular weight is 186 g/mol. The second-order valence-electron chi connectivity index (χ2n) is 4.53. The smallest absolute Gasteiger partial charge is 0.0895 e. The van der Waals surface area contributed by atoms with Gasteiger partial charge in [0.1, 0.15) is 0 Å². The highest BCUT2D eigenvalue weighted by atomic mass is 16.3. The Morgan fingerprint density at radius 3 is 2.85 bits per heavy atom. The van der Waals surface area contributed by atoms with E-state index in [1.54, 1.807) is 0 Å². The van der Waals surface area contributed by atoms with Crippen LogP contribution in [-0.4, -0.2) is 36.9 Å². The molecule has 3 heteroatoms. The number of aliphatic hydroxyl groups is 1. The van der Waals surface area contributed by atoms with Gasteiger partial charge >= 0.3 is 0 Å². The summed E-state index contributed by atoms with van der Waals surface area (Å²) in [6.07, 6.45) is 2.00. The lowest BCUT2D eigenvalue weighted by Crippen LogP contribution is -2.52. The molecule has 1 unspecified atom stereocenters. The quantitative estimate of drug-likeness (QED) is 0.593. The van der Waals surface area contributed by atoms with Gasteiger partial charge in [0.05, 0.1) is 5.60 Å². The number of β-amino-alcohol motifs (C(OH)–C–C–N with tert-alkyl or cyclic N) is 1. The van der Waals surface area contributed by atoms with Crippen LogP contribution in [0.15, 0.2) is 0 Å². The maximum atomic E-state index is 10.1. The number of rotatable bonds is 4. The van der Waals surface area contributed by atoms with Crippen LogP contribution in [0.25, 0.3) is 0 Å². The molecule has 0 saturated carbocycles. The molecular formula is C10H22N2O. The molecule has 1 rings (SSSR count). The van der Waals surface area contributed by atoms with Crippen molar-refractivity contribution in [2.75, 3.05) is 26.2 Å². The summed E-state index contributed by atoms with van der Waals surface area (Å²) >= 11 is 0. The molecule has 0 radical (unpaired) electrons. The van der Waals surface area contributed by atoms with Crippen molar-refractivity contribution in [1.82, 2.24) is 10.6 Å². The number of hydrogen-bond acceptors (Lipinski definition) is 3. The van der Waals surface area contributed by atoms with Gasteiger partial charge in [0.15, 0.2) is 0 Å². The minimum atomic E-state index is -0.507. The average Bonchev–Trinajstić information content (AvgIpc) is 2.04. The minimum absolute atomic E-state index is 0.507. The molecule has 0 aromatic heterocycles. The molecule has 1 aliphatic rings. The van der Waals surface area contributed by atoms with Gasteiger partial charge in [-0.15, -0.1) is 0 Å². The van der Waals surface area contributed by atoms with Crippen molar-refractivity contribution in [3.63, 3.8) is 0 Å². The molecule has 1 atom stereocenters. The molecule has 0 aliphatic carbocycles. The van der Waals surface area contributed by atoms with E-state index < -0.39 is 5.60 Å². The number of piperidine rings is 1. The Morgan fingerprint density at radius 1 is 1.54 bits per heavy atom. The van der Waals surface area contributed by atoms with Crippen LogP contribution in [0, 0.1) is 5.92 Å². The lowest BCUT2D eigenvalue weighted by molar-refractivity contribution is 0.0168. The van der Waals surface area contributed by atoms with Gasteiger partial charge in [0.2, 0.25) is 0 Å². The van der Waals surface area contributed by atoms with Gasteiger partial charge in [-0.3, -0.25) is 0 Å². The largest absolute Gasteiger partial charge is 0.387 e. The summed E-state index contributed by atoms with van der Waals surface area (Å²) in [5, 5.41) is 16.6. The molecule has 3 nitrogen and oxygen atoms in total. The van der Waals surface area contributed by atoms with Gasteiger partial charge in [0.25, 0.3) is 0 Å². The van der Waals surface area contributed by atoms with Crippen LogP contribution in [0.2, 0.25) is 0 Å². The third-order valence-electron chi connectivity index (χ3n) is 2.46. The van der Waals surface area contributed by atoms with Crippen LogP contribution in [0.4, 0.5) is 0 Å². The van der Waals surface area contributed by atoms with E-state index in [4.69, 9.17) is 0 Å². The predicted octanol–water partition coefficient (Wildman–Crippen LogP) is 0.346. The molecule has 0 bridgehead atoms. The first kappa shape index (κ1) is 11.0. The standard InChI is InChI=1S/C10H22N2O/c1-9(2)6-12-8-10(13)4-3-5-11-7-10/h9,11-13H,3-8H2,1-2H3. The highest BCUT2D eigenvalue weighted by molar-refractivity contribution is 4.87. The fraction of sp³-hybridized carbons (Fsp3) is 1.00. The van der Waals surface area contributed by atoms with Crippen molar-refractivity contribution < 1.29 is 5.11 Å². The van der Waals surface area contributed by atoms with E-state index in [2.05, 4.69) is 24.5 Å². The van der Waals surface area contributed by atoms with Crippen LogP contribution in [-0.2, 0) is 0 Å². The Hall–Kier alpha value is -0.120. The van der Waals surface area contributed by atoms with Gasteiger partial charge in [-0.1, -0.05) is 13.8 Å². The summed E-state index contributed by atoms with van der Waals surface area (Å²) in [7, 11) is 0. The van der Waals surface area contributed by atoms with Crippen molar-refractivity contribution in [3.05, 3.63) is 0 Å². The molecule has 1 fully saturated rings. The third kappa shape index (κ3) is 4.07. The van der Waals surface area contributed by atoms with E-state index >= 15 is 0 Å². The van der Waals surface area contributed by atoms with Crippen molar-refractivity contribution in [3.8, 4) is 0 Å². The van der Waals surface area contributed by atoms with Gasteiger partial charge < -0.3 is 15.7 Å². The minimum Gasteiger partial charge on any atom is -0.387 e. The monoisotopic (exact) mass is 186 g/mol. The van der Waals surface area contributed by atoms with E-state index in [0.29, 0.717) is 5.92 Å². The van der Waals surface area contributed by atoms with Crippen LogP contribution in [0.5, 0.6) is 0 Å². The Morgan fingerprint density at radius 2 is 2.31 bits per heavy atom. The normalized spacial score (nSPS) is 29.5. The SMILES string of the molecule is CC(C)CNCC1(O)CCCNC1. The first-order valence-corrected chi connectivity index (χ1v) is 5.26. The Kier molecular flexibility index (Phi) is 4.16. The topological polar surface area (TPSA) is 44.3 Å². The summed E-state index contributed by atoms with van der Waals surface area (Å²) in [5.74, 6) is 0.653. The molecule has 13 heavy (non-hydrogen) atoms. The fourth-order valence-corrected chi connectivity index (χ4v) is 1.70. The molecule has 1 saturated heterocycles. The molecule has 0 aromatic rings. The van der Waals surface area contributed by atoms with E-state index in [9.17, 15) is 5.11 Å². The Balaban J connectivity index is 2.17. The molecule has 78 valence electrons. The van der Waals surface area contributed by atoms with E-state index in [1.165, 1.54) is 0 Å². The van der Waals surface area contributed by atoms with Crippen molar-refractivity contribution in [2.24, 2.45) is 5.92 Å². The van der Waals surface area contributed by atoms with Crippen LogP contribution >= 0.6 is 0 Å². The van der Waals surface area contributed by atoms with E-state index in [1.807, 2.05) is 0 Å². The molecule has 3 N–H and O–H groups in total. The number of nitrogens with one attached hydrogen (secondary N) is 2. The summed E-state index contributed by atoms with van der Waals surface area (Å²) < 4.78 is 0. The second-order valence-corrected chi connectivity index (χ2v) is 4.53. The maximum Gasteiger partial charge on any atom is 0.0895 e. The zero-order chi connectivity index (χ0) is 9.73. The van der Waals surface area contributed by atoms with Gasteiger partial charge in [0, 0.05) is 13.1 Å². The van der Waals surface area contributed by atoms with E-state index in [0.717, 1.165) is 39.0 Å². The van der Waals surface area contributed by atoms with Gasteiger partial charge in [-0.2, -0.15) is 0 Å². The first-order chi connectivity index (χ1) is 6.12. The summed E-state index contributed by atoms with van der Waals surface area (Å²) in [6, 6.07) is 0. The first-order valence-electron chi connectivity index (χ1n) is 5.26. The Labute approximate surface area is 80.9 Å². The van der Waals surface area contributed by atoms with Crippen LogP contribution in [0.3, 0.4) is 0 Å². The third-order valence-corrected chi connectivity index (χ3v) is 2.46. The summed E-state index contributed by atoms with van der Waals surface area (Å²) in [6.45, 7) is 7.84. The fourth-order valence-electron chi connectivity index (χ4n) is 1.70. The Bertz CT molecular complexity index is 142. The highest BCUT2D eigenvalue weighted by Crippen LogP contribution is 2.14. The second kappa shape index (κ2) is 4.94. The van der Waals surface area contributed by atoms with Crippen LogP contribution in [0.1, 0.15) is 26.7 Å². The van der Waals surface area contributed by atoms with Crippen molar-refractivity contribution >= 4 is 0 Å². The summed E-state index contributed by atoms with van der Waals surface area (Å²) in [4.78, 5) is 0. The molecule has 0 spiro atoms. The molecule has 0 amide bonds. The summed E-state index contributed by atoms with van der Waals surface area (Å²) in [5.41, 5.74) is -0.507. The van der Waals surface area contributed by atoms with Gasteiger partial charge in [-0.25, -0.2) is 0 Å². The lowest BCUT2D eigenvalue weighted by atomic mass is 9.94.